The van der Waals surface area contributed by atoms with Crippen LogP contribution in [0, 0.1) is 0 Å². The van der Waals surface area contributed by atoms with Gasteiger partial charge in [-0.05, 0) is 45.9 Å². The summed E-state index contributed by atoms with van der Waals surface area (Å²) in [6, 6.07) is 6.42. The molecule has 0 amide bonds. The Morgan fingerprint density at radius 1 is 1.20 bits per heavy atom. The third kappa shape index (κ3) is 3.05. The lowest BCUT2D eigenvalue weighted by Gasteiger charge is -2.20. The van der Waals surface area contributed by atoms with Crippen molar-refractivity contribution in [2.45, 2.75) is 40.0 Å². The summed E-state index contributed by atoms with van der Waals surface area (Å²) in [5, 5.41) is 0. The van der Waals surface area contributed by atoms with Gasteiger partial charge in [0.25, 0.3) is 0 Å². The van der Waals surface area contributed by atoms with E-state index in [4.69, 9.17) is 14.5 Å². The second-order valence-electron chi connectivity index (χ2n) is 4.81. The van der Waals surface area contributed by atoms with Crippen LogP contribution in [0.15, 0.2) is 22.7 Å². The molecule has 0 saturated heterocycles. The maximum atomic E-state index is 5.70. The summed E-state index contributed by atoms with van der Waals surface area (Å²) in [7, 11) is 0. The highest BCUT2D eigenvalue weighted by Gasteiger charge is 2.22. The van der Waals surface area contributed by atoms with Crippen LogP contribution < -0.4 is 0 Å². The zero-order chi connectivity index (χ0) is 14.7. The summed E-state index contributed by atoms with van der Waals surface area (Å²) in [4.78, 5) is 4.72. The Morgan fingerprint density at radius 3 is 2.40 bits per heavy atom. The van der Waals surface area contributed by atoms with Crippen LogP contribution in [0.4, 0.5) is 0 Å². The lowest BCUT2D eigenvalue weighted by molar-refractivity contribution is -0.146. The van der Waals surface area contributed by atoms with Crippen molar-refractivity contribution in [3.8, 4) is 0 Å². The molecule has 0 unspecified atom stereocenters. The Bertz CT molecular complexity index is 575. The molecule has 0 aliphatic carbocycles. The molecule has 0 bridgehead atoms. The first-order valence-electron chi connectivity index (χ1n) is 6.99. The van der Waals surface area contributed by atoms with E-state index < -0.39 is 6.29 Å². The fourth-order valence-corrected chi connectivity index (χ4v) is 2.65. The van der Waals surface area contributed by atoms with Crippen molar-refractivity contribution >= 4 is 27.0 Å². The van der Waals surface area contributed by atoms with Crippen molar-refractivity contribution in [1.82, 2.24) is 9.55 Å². The molecule has 0 N–H and O–H groups in total. The Kier molecular flexibility index (Phi) is 5.18. The first-order chi connectivity index (χ1) is 9.58. The highest BCUT2D eigenvalue weighted by Crippen LogP contribution is 2.29. The van der Waals surface area contributed by atoms with Crippen molar-refractivity contribution < 1.29 is 9.47 Å². The van der Waals surface area contributed by atoms with Gasteiger partial charge in [-0.15, -0.1) is 0 Å². The maximum absolute atomic E-state index is 5.70. The lowest BCUT2D eigenvalue weighted by atomic mass is 10.3. The Labute approximate surface area is 128 Å². The predicted molar refractivity (Wildman–Crippen MR) is 83.8 cm³/mol. The minimum Gasteiger partial charge on any atom is -0.346 e. The molecule has 0 atom stereocenters. The number of fused-ring (bicyclic) bond motifs is 1. The summed E-state index contributed by atoms with van der Waals surface area (Å²) >= 11 is 3.49. The second kappa shape index (κ2) is 6.70. The van der Waals surface area contributed by atoms with Gasteiger partial charge < -0.3 is 14.0 Å². The SMILES string of the molecule is CCOC(OCC)c1nc2cc(Br)ccc2n1C(C)C. The van der Waals surface area contributed by atoms with Crippen LogP contribution >= 0.6 is 15.9 Å². The minimum absolute atomic E-state index is 0.291. The molecule has 1 heterocycles. The van der Waals surface area contributed by atoms with E-state index in [9.17, 15) is 0 Å². The van der Waals surface area contributed by atoms with E-state index in [2.05, 4.69) is 40.4 Å². The first-order valence-corrected chi connectivity index (χ1v) is 7.78. The van der Waals surface area contributed by atoms with Crippen LogP contribution in [0.3, 0.4) is 0 Å². The highest BCUT2D eigenvalue weighted by molar-refractivity contribution is 9.10. The van der Waals surface area contributed by atoms with Crippen molar-refractivity contribution in [3.05, 3.63) is 28.5 Å². The lowest BCUT2D eigenvalue weighted by Crippen LogP contribution is -2.16. The average Bonchev–Trinajstić information content (AvgIpc) is 2.76. The van der Waals surface area contributed by atoms with E-state index in [1.807, 2.05) is 26.0 Å². The van der Waals surface area contributed by atoms with Crippen LogP contribution in [0.2, 0.25) is 0 Å². The number of hydrogen-bond donors (Lipinski definition) is 0. The molecule has 1 aromatic carbocycles. The Morgan fingerprint density at radius 2 is 1.85 bits per heavy atom. The topological polar surface area (TPSA) is 36.3 Å². The molecule has 0 fully saturated rings. The number of imidazole rings is 1. The number of benzene rings is 1. The van der Waals surface area contributed by atoms with Crippen LogP contribution in [0.5, 0.6) is 0 Å². The number of hydrogen-bond acceptors (Lipinski definition) is 3. The number of rotatable bonds is 6. The van der Waals surface area contributed by atoms with Gasteiger partial charge in [-0.3, -0.25) is 0 Å². The minimum atomic E-state index is -0.418. The molecule has 110 valence electrons. The third-order valence-corrected chi connectivity index (χ3v) is 3.54. The number of aromatic nitrogens is 2. The van der Waals surface area contributed by atoms with Gasteiger partial charge in [0.1, 0.15) is 0 Å². The molecule has 0 radical (unpaired) electrons. The van der Waals surface area contributed by atoms with Gasteiger partial charge in [0.15, 0.2) is 5.82 Å². The molecule has 2 aromatic rings. The molecule has 2 rings (SSSR count). The van der Waals surface area contributed by atoms with Gasteiger partial charge in [-0.2, -0.15) is 0 Å². The summed E-state index contributed by atoms with van der Waals surface area (Å²) in [5.41, 5.74) is 2.05. The van der Waals surface area contributed by atoms with Gasteiger partial charge in [-0.25, -0.2) is 4.98 Å². The molecular weight excluding hydrogens is 320 g/mol. The van der Waals surface area contributed by atoms with E-state index in [-0.39, 0.29) is 0 Å². The second-order valence-corrected chi connectivity index (χ2v) is 5.73. The molecule has 4 nitrogen and oxygen atoms in total. The number of halogens is 1. The van der Waals surface area contributed by atoms with E-state index in [1.54, 1.807) is 0 Å². The quantitative estimate of drug-likeness (QED) is 0.728. The van der Waals surface area contributed by atoms with Crippen LogP contribution in [0.1, 0.15) is 45.9 Å². The van der Waals surface area contributed by atoms with Gasteiger partial charge in [0, 0.05) is 23.7 Å². The maximum Gasteiger partial charge on any atom is 0.217 e. The van der Waals surface area contributed by atoms with E-state index in [1.165, 1.54) is 0 Å². The van der Waals surface area contributed by atoms with Gasteiger partial charge in [-0.1, -0.05) is 15.9 Å². The van der Waals surface area contributed by atoms with E-state index in [0.29, 0.717) is 19.3 Å². The van der Waals surface area contributed by atoms with Gasteiger partial charge in [0.05, 0.1) is 11.0 Å². The van der Waals surface area contributed by atoms with E-state index in [0.717, 1.165) is 21.3 Å². The predicted octanol–water partition coefficient (Wildman–Crippen LogP) is 4.45. The highest BCUT2D eigenvalue weighted by atomic mass is 79.9. The first kappa shape index (κ1) is 15.5. The summed E-state index contributed by atoms with van der Waals surface area (Å²) in [6.07, 6.45) is -0.418. The number of nitrogens with zero attached hydrogens (tertiary/aromatic N) is 2. The monoisotopic (exact) mass is 340 g/mol. The van der Waals surface area contributed by atoms with Crippen LogP contribution in [-0.4, -0.2) is 22.8 Å². The third-order valence-electron chi connectivity index (χ3n) is 3.04. The molecule has 0 saturated carbocycles. The molecule has 0 spiro atoms. The molecule has 1 aromatic heterocycles. The Hall–Kier alpha value is -0.910. The summed E-state index contributed by atoms with van der Waals surface area (Å²) < 4.78 is 14.6. The molecule has 20 heavy (non-hydrogen) atoms. The zero-order valence-corrected chi connectivity index (χ0v) is 14.0. The average molecular weight is 341 g/mol. The largest absolute Gasteiger partial charge is 0.346 e. The molecule has 5 heteroatoms. The number of ether oxygens (including phenoxy) is 2. The zero-order valence-electron chi connectivity index (χ0n) is 12.4. The molecule has 0 aliphatic heterocycles. The molecular formula is C15H21BrN2O2. The summed E-state index contributed by atoms with van der Waals surface area (Å²) in [5.74, 6) is 0.830. The van der Waals surface area contributed by atoms with E-state index >= 15 is 0 Å². The Balaban J connectivity index is 2.57. The van der Waals surface area contributed by atoms with Crippen molar-refractivity contribution in [3.63, 3.8) is 0 Å². The smallest absolute Gasteiger partial charge is 0.217 e. The van der Waals surface area contributed by atoms with Gasteiger partial charge >= 0.3 is 0 Å². The normalized spacial score (nSPS) is 11.9. The summed E-state index contributed by atoms with van der Waals surface area (Å²) in [6.45, 7) is 9.39. The van der Waals surface area contributed by atoms with Crippen molar-refractivity contribution in [2.75, 3.05) is 13.2 Å². The standard InChI is InChI=1S/C15H21BrN2O2/c1-5-19-15(20-6-2)14-17-12-9-11(16)7-8-13(12)18(14)10(3)4/h7-10,15H,5-6H2,1-4H3. The van der Waals surface area contributed by atoms with Crippen LogP contribution in [0.25, 0.3) is 11.0 Å². The molecule has 0 aliphatic rings. The van der Waals surface area contributed by atoms with Crippen molar-refractivity contribution in [2.24, 2.45) is 0 Å². The fraction of sp³-hybridized carbons (Fsp3) is 0.533. The van der Waals surface area contributed by atoms with Crippen molar-refractivity contribution in [1.29, 1.82) is 0 Å². The fourth-order valence-electron chi connectivity index (χ4n) is 2.30. The van der Waals surface area contributed by atoms with Crippen LogP contribution in [-0.2, 0) is 9.47 Å². The van der Waals surface area contributed by atoms with Gasteiger partial charge in [0.2, 0.25) is 6.29 Å².